The lowest BCUT2D eigenvalue weighted by Gasteiger charge is -2.08. The molecule has 0 atom stereocenters. The molecule has 2 heterocycles. The second-order valence-electron chi connectivity index (χ2n) is 4.51. The van der Waals surface area contributed by atoms with E-state index in [2.05, 4.69) is 31.2 Å². The largest absolute Gasteiger partial charge is 0.496 e. The van der Waals surface area contributed by atoms with Crippen LogP contribution in [0.25, 0.3) is 11.4 Å². The summed E-state index contributed by atoms with van der Waals surface area (Å²) >= 11 is 3.49. The first-order valence-corrected chi connectivity index (χ1v) is 6.89. The number of aryl methyl sites for hydroxylation is 1. The third-order valence-corrected chi connectivity index (χ3v) is 3.92. The van der Waals surface area contributed by atoms with Crippen LogP contribution in [0.2, 0.25) is 0 Å². The molecule has 5 heteroatoms. The van der Waals surface area contributed by atoms with Crippen molar-refractivity contribution in [3.8, 4) is 17.1 Å². The highest BCUT2D eigenvalue weighted by molar-refractivity contribution is 9.10. The average Bonchev–Trinajstić information content (AvgIpc) is 2.87. The molecule has 1 aliphatic heterocycles. The number of hydrogen-bond donors (Lipinski definition) is 1. The molecule has 1 aromatic heterocycles. The van der Waals surface area contributed by atoms with E-state index in [9.17, 15) is 0 Å². The number of methoxy groups -OCH3 is 1. The van der Waals surface area contributed by atoms with Crippen molar-refractivity contribution in [2.45, 2.75) is 20.0 Å². The number of ether oxygens (including phenoxy) is 1. The lowest BCUT2D eigenvalue weighted by molar-refractivity contribution is 0.412. The Labute approximate surface area is 120 Å². The minimum absolute atomic E-state index is 0.767. The normalized spacial score (nSPS) is 13.4. The standard InChI is InChI=1S/C14H14BrN3O/c1-8-10-6-16-7-12(10)18-14(17-8)9-3-4-13(19-2)11(15)5-9/h3-5,16H,6-7H2,1-2H3. The first-order valence-electron chi connectivity index (χ1n) is 6.10. The predicted molar refractivity (Wildman–Crippen MR) is 77.0 cm³/mol. The summed E-state index contributed by atoms with van der Waals surface area (Å²) in [4.78, 5) is 9.24. The van der Waals surface area contributed by atoms with Crippen molar-refractivity contribution < 1.29 is 4.74 Å². The molecule has 3 rings (SSSR count). The molecular formula is C14H14BrN3O. The molecule has 2 aromatic rings. The summed E-state index contributed by atoms with van der Waals surface area (Å²) in [6.07, 6.45) is 0. The van der Waals surface area contributed by atoms with Crippen LogP contribution < -0.4 is 10.1 Å². The molecule has 1 aromatic carbocycles. The van der Waals surface area contributed by atoms with Crippen LogP contribution in [0.5, 0.6) is 5.75 Å². The van der Waals surface area contributed by atoms with E-state index < -0.39 is 0 Å². The fourth-order valence-corrected chi connectivity index (χ4v) is 2.81. The topological polar surface area (TPSA) is 47.0 Å². The molecule has 0 saturated heterocycles. The summed E-state index contributed by atoms with van der Waals surface area (Å²) in [6, 6.07) is 5.89. The van der Waals surface area contributed by atoms with Crippen molar-refractivity contribution in [3.63, 3.8) is 0 Å². The van der Waals surface area contributed by atoms with Crippen LogP contribution in [-0.4, -0.2) is 17.1 Å². The fourth-order valence-electron chi connectivity index (χ4n) is 2.27. The van der Waals surface area contributed by atoms with Gasteiger partial charge in [0.15, 0.2) is 5.82 Å². The molecule has 0 bridgehead atoms. The van der Waals surface area contributed by atoms with E-state index in [1.54, 1.807) is 7.11 Å². The number of hydrogen-bond acceptors (Lipinski definition) is 4. The summed E-state index contributed by atoms with van der Waals surface area (Å²) in [6.45, 7) is 3.73. The molecule has 0 fully saturated rings. The van der Waals surface area contributed by atoms with Gasteiger partial charge in [0.1, 0.15) is 5.75 Å². The Morgan fingerprint density at radius 3 is 2.84 bits per heavy atom. The summed E-state index contributed by atoms with van der Waals surface area (Å²) in [7, 11) is 1.65. The number of nitrogens with zero attached hydrogens (tertiary/aromatic N) is 2. The van der Waals surface area contributed by atoms with Gasteiger partial charge in [0, 0.05) is 29.9 Å². The minimum atomic E-state index is 0.767. The van der Waals surface area contributed by atoms with Gasteiger partial charge in [0.05, 0.1) is 17.3 Å². The quantitative estimate of drug-likeness (QED) is 0.924. The van der Waals surface area contributed by atoms with Crippen molar-refractivity contribution in [2.24, 2.45) is 0 Å². The number of fused-ring (bicyclic) bond motifs is 1. The van der Waals surface area contributed by atoms with Crippen LogP contribution in [-0.2, 0) is 13.1 Å². The fraction of sp³-hybridized carbons (Fsp3) is 0.286. The van der Waals surface area contributed by atoms with E-state index in [0.717, 1.165) is 46.1 Å². The van der Waals surface area contributed by atoms with Gasteiger partial charge in [-0.25, -0.2) is 9.97 Å². The number of nitrogens with one attached hydrogen (secondary N) is 1. The average molecular weight is 320 g/mol. The Morgan fingerprint density at radius 1 is 1.26 bits per heavy atom. The van der Waals surface area contributed by atoms with Crippen molar-refractivity contribution in [3.05, 3.63) is 39.6 Å². The van der Waals surface area contributed by atoms with Crippen molar-refractivity contribution in [1.82, 2.24) is 15.3 Å². The van der Waals surface area contributed by atoms with Gasteiger partial charge in [-0.2, -0.15) is 0 Å². The lowest BCUT2D eigenvalue weighted by atomic mass is 10.1. The second kappa shape index (κ2) is 4.90. The number of halogens is 1. The van der Waals surface area contributed by atoms with Gasteiger partial charge >= 0.3 is 0 Å². The summed E-state index contributed by atoms with van der Waals surface area (Å²) in [5, 5.41) is 3.31. The number of rotatable bonds is 2. The maximum atomic E-state index is 5.24. The Balaban J connectivity index is 2.07. The highest BCUT2D eigenvalue weighted by Crippen LogP contribution is 2.30. The van der Waals surface area contributed by atoms with Gasteiger partial charge in [0.25, 0.3) is 0 Å². The molecule has 0 saturated carbocycles. The van der Waals surface area contributed by atoms with Crippen LogP contribution in [0.3, 0.4) is 0 Å². The Hall–Kier alpha value is -1.46. The maximum absolute atomic E-state index is 5.24. The van der Waals surface area contributed by atoms with Gasteiger partial charge < -0.3 is 10.1 Å². The second-order valence-corrected chi connectivity index (χ2v) is 5.37. The molecule has 19 heavy (non-hydrogen) atoms. The van der Waals surface area contributed by atoms with Gasteiger partial charge in [-0.15, -0.1) is 0 Å². The SMILES string of the molecule is COc1ccc(-c2nc(C)c3c(n2)CNC3)cc1Br. The molecule has 0 amide bonds. The summed E-state index contributed by atoms with van der Waals surface area (Å²) < 4.78 is 6.15. The van der Waals surface area contributed by atoms with E-state index in [1.165, 1.54) is 5.56 Å². The molecule has 1 aliphatic rings. The van der Waals surface area contributed by atoms with Crippen LogP contribution in [0.4, 0.5) is 0 Å². The zero-order valence-corrected chi connectivity index (χ0v) is 12.4. The molecular weight excluding hydrogens is 306 g/mol. The molecule has 1 N–H and O–H groups in total. The van der Waals surface area contributed by atoms with E-state index in [4.69, 9.17) is 4.74 Å². The molecule has 4 nitrogen and oxygen atoms in total. The van der Waals surface area contributed by atoms with Gasteiger partial charge in [-0.1, -0.05) is 0 Å². The van der Waals surface area contributed by atoms with Gasteiger partial charge in [0.2, 0.25) is 0 Å². The Morgan fingerprint density at radius 2 is 2.11 bits per heavy atom. The minimum Gasteiger partial charge on any atom is -0.496 e. The smallest absolute Gasteiger partial charge is 0.159 e. The van der Waals surface area contributed by atoms with E-state index in [-0.39, 0.29) is 0 Å². The van der Waals surface area contributed by atoms with Gasteiger partial charge in [-0.3, -0.25) is 0 Å². The first kappa shape index (κ1) is 12.6. The molecule has 0 unspecified atom stereocenters. The highest BCUT2D eigenvalue weighted by atomic mass is 79.9. The van der Waals surface area contributed by atoms with Crippen molar-refractivity contribution in [2.75, 3.05) is 7.11 Å². The Bertz CT molecular complexity index is 643. The lowest BCUT2D eigenvalue weighted by Crippen LogP contribution is -2.00. The zero-order valence-electron chi connectivity index (χ0n) is 10.8. The van der Waals surface area contributed by atoms with E-state index in [1.807, 2.05) is 25.1 Å². The van der Waals surface area contributed by atoms with Crippen LogP contribution in [0.1, 0.15) is 17.0 Å². The monoisotopic (exact) mass is 319 g/mol. The van der Waals surface area contributed by atoms with Crippen molar-refractivity contribution in [1.29, 1.82) is 0 Å². The van der Waals surface area contributed by atoms with Gasteiger partial charge in [-0.05, 0) is 41.1 Å². The zero-order chi connectivity index (χ0) is 13.4. The van der Waals surface area contributed by atoms with Crippen molar-refractivity contribution >= 4 is 15.9 Å². The molecule has 0 aliphatic carbocycles. The predicted octanol–water partition coefficient (Wildman–Crippen LogP) is 2.83. The summed E-state index contributed by atoms with van der Waals surface area (Å²) in [5.74, 6) is 1.58. The third kappa shape index (κ3) is 2.24. The Kier molecular flexibility index (Phi) is 3.24. The van der Waals surface area contributed by atoms with Crippen LogP contribution in [0.15, 0.2) is 22.7 Å². The van der Waals surface area contributed by atoms with Crippen LogP contribution in [0, 0.1) is 6.92 Å². The molecule has 0 spiro atoms. The first-order chi connectivity index (χ1) is 9.19. The molecule has 98 valence electrons. The molecule has 0 radical (unpaired) electrons. The summed E-state index contributed by atoms with van der Waals surface area (Å²) in [5.41, 5.74) is 4.38. The maximum Gasteiger partial charge on any atom is 0.159 e. The number of aromatic nitrogens is 2. The van der Waals surface area contributed by atoms with Crippen LogP contribution >= 0.6 is 15.9 Å². The highest BCUT2D eigenvalue weighted by Gasteiger charge is 2.17. The third-order valence-electron chi connectivity index (χ3n) is 3.30. The number of benzene rings is 1. The van der Waals surface area contributed by atoms with E-state index in [0.29, 0.717) is 0 Å². The van der Waals surface area contributed by atoms with E-state index >= 15 is 0 Å².